The first kappa shape index (κ1) is 10.4. The van der Waals surface area contributed by atoms with Crippen LogP contribution in [0.25, 0.3) is 0 Å². The molecule has 0 amide bonds. The molecule has 0 heterocycles. The molecule has 0 rings (SSSR count). The van der Waals surface area contributed by atoms with E-state index in [1.165, 1.54) is 0 Å². The third kappa shape index (κ3) is 3.98. The number of rotatable bonds is 4. The molecule has 0 aliphatic carbocycles. The van der Waals surface area contributed by atoms with E-state index in [-0.39, 0.29) is 5.97 Å². The number of hydrogen-bond donors (Lipinski definition) is 1. The number of hydrogen-bond acceptors (Lipinski definition) is 3. The lowest BCUT2D eigenvalue weighted by Gasteiger charge is -2.12. The first-order chi connectivity index (χ1) is 5.09. The lowest BCUT2D eigenvalue weighted by atomic mass is 10.1. The third-order valence-electron chi connectivity index (χ3n) is 1.54. The summed E-state index contributed by atoms with van der Waals surface area (Å²) in [6.45, 7) is 5.61. The topological polar surface area (TPSA) is 46.5 Å². The molecule has 0 spiro atoms. The highest BCUT2D eigenvalue weighted by Gasteiger charge is 2.18. The van der Waals surface area contributed by atoms with E-state index < -0.39 is 12.0 Å². The molecule has 0 aliphatic rings. The zero-order valence-electron chi connectivity index (χ0n) is 7.33. The second-order valence-corrected chi connectivity index (χ2v) is 2.70. The van der Waals surface area contributed by atoms with E-state index in [2.05, 4.69) is 0 Å². The van der Waals surface area contributed by atoms with Crippen molar-refractivity contribution in [3.8, 4) is 0 Å². The lowest BCUT2D eigenvalue weighted by molar-refractivity contribution is -0.151. The average Bonchev–Trinajstić information content (AvgIpc) is 1.98. The summed E-state index contributed by atoms with van der Waals surface area (Å²) in [7, 11) is 0. The molecule has 0 unspecified atom stereocenters. The number of aliphatic hydroxyl groups is 1. The van der Waals surface area contributed by atoms with Crippen LogP contribution < -0.4 is 0 Å². The van der Waals surface area contributed by atoms with Crippen LogP contribution in [-0.4, -0.2) is 23.8 Å². The Bertz CT molecular complexity index is 121. The van der Waals surface area contributed by atoms with Gasteiger partial charge in [0.1, 0.15) is 0 Å². The Morgan fingerprint density at radius 1 is 1.55 bits per heavy atom. The monoisotopic (exact) mass is 160 g/mol. The number of carbonyl (C=O) groups excluding carboxylic acids is 1. The smallest absolute Gasteiger partial charge is 0.311 e. The summed E-state index contributed by atoms with van der Waals surface area (Å²) >= 11 is 0. The van der Waals surface area contributed by atoms with E-state index in [1.54, 1.807) is 13.8 Å². The zero-order valence-corrected chi connectivity index (χ0v) is 7.33. The Balaban J connectivity index is 3.64. The van der Waals surface area contributed by atoms with Gasteiger partial charge in [-0.2, -0.15) is 0 Å². The summed E-state index contributed by atoms with van der Waals surface area (Å²) in [6.07, 6.45) is 0.192. The van der Waals surface area contributed by atoms with Crippen LogP contribution in [0.3, 0.4) is 0 Å². The van der Waals surface area contributed by atoms with Crippen LogP contribution in [0, 0.1) is 5.92 Å². The molecule has 0 fully saturated rings. The maximum Gasteiger partial charge on any atom is 0.311 e. The standard InChI is InChI=1S/C8H16O3/c1-4-5-11-8(10)6(2)7(3)9/h6-7,9H,4-5H2,1-3H3/t6-,7-/m1/s1. The van der Waals surface area contributed by atoms with Crippen molar-refractivity contribution in [2.24, 2.45) is 5.92 Å². The van der Waals surface area contributed by atoms with Gasteiger partial charge in [-0.05, 0) is 20.3 Å². The fourth-order valence-corrected chi connectivity index (χ4v) is 0.531. The Kier molecular flexibility index (Phi) is 4.86. The molecular formula is C8H16O3. The van der Waals surface area contributed by atoms with Crippen LogP contribution >= 0.6 is 0 Å². The summed E-state index contributed by atoms with van der Waals surface area (Å²) in [5.74, 6) is -0.733. The summed E-state index contributed by atoms with van der Waals surface area (Å²) in [6, 6.07) is 0. The van der Waals surface area contributed by atoms with Gasteiger partial charge in [0.25, 0.3) is 0 Å². The predicted octanol–water partition coefficient (Wildman–Crippen LogP) is 0.956. The van der Waals surface area contributed by atoms with Crippen molar-refractivity contribution in [1.82, 2.24) is 0 Å². The summed E-state index contributed by atoms with van der Waals surface area (Å²) in [5.41, 5.74) is 0. The van der Waals surface area contributed by atoms with Gasteiger partial charge >= 0.3 is 5.97 Å². The van der Waals surface area contributed by atoms with Gasteiger partial charge in [0, 0.05) is 0 Å². The molecule has 0 aliphatic heterocycles. The molecule has 0 radical (unpaired) electrons. The Morgan fingerprint density at radius 3 is 2.45 bits per heavy atom. The van der Waals surface area contributed by atoms with Crippen molar-refractivity contribution in [1.29, 1.82) is 0 Å². The molecule has 66 valence electrons. The van der Waals surface area contributed by atoms with E-state index in [0.717, 1.165) is 6.42 Å². The number of aliphatic hydroxyl groups excluding tert-OH is 1. The largest absolute Gasteiger partial charge is 0.465 e. The molecule has 1 N–H and O–H groups in total. The second-order valence-electron chi connectivity index (χ2n) is 2.70. The molecule has 2 atom stereocenters. The zero-order chi connectivity index (χ0) is 8.85. The fraction of sp³-hybridized carbons (Fsp3) is 0.875. The molecule has 11 heavy (non-hydrogen) atoms. The van der Waals surface area contributed by atoms with Crippen LogP contribution in [0.4, 0.5) is 0 Å². The van der Waals surface area contributed by atoms with Gasteiger partial charge in [0.2, 0.25) is 0 Å². The minimum atomic E-state index is -0.626. The molecule has 0 bridgehead atoms. The molecule has 0 aromatic rings. The third-order valence-corrected chi connectivity index (χ3v) is 1.54. The normalized spacial score (nSPS) is 15.6. The number of esters is 1. The summed E-state index contributed by atoms with van der Waals surface area (Å²) in [4.78, 5) is 11.0. The first-order valence-electron chi connectivity index (χ1n) is 3.94. The van der Waals surface area contributed by atoms with Gasteiger partial charge in [-0.3, -0.25) is 4.79 Å². The van der Waals surface area contributed by atoms with Crippen LogP contribution in [0.2, 0.25) is 0 Å². The van der Waals surface area contributed by atoms with Crippen molar-refractivity contribution in [2.45, 2.75) is 33.3 Å². The molecule has 0 saturated heterocycles. The second kappa shape index (κ2) is 5.13. The number of carbonyl (C=O) groups is 1. The SMILES string of the molecule is CCCOC(=O)[C@H](C)[C@@H](C)O. The quantitative estimate of drug-likeness (QED) is 0.623. The van der Waals surface area contributed by atoms with Crippen LogP contribution in [0.15, 0.2) is 0 Å². The molecule has 0 aromatic heterocycles. The van der Waals surface area contributed by atoms with E-state index in [9.17, 15) is 4.79 Å². The van der Waals surface area contributed by atoms with E-state index in [4.69, 9.17) is 9.84 Å². The molecule has 0 saturated carbocycles. The Hall–Kier alpha value is -0.570. The van der Waals surface area contributed by atoms with Gasteiger partial charge in [-0.15, -0.1) is 0 Å². The van der Waals surface area contributed by atoms with Gasteiger partial charge in [0.15, 0.2) is 0 Å². The van der Waals surface area contributed by atoms with Gasteiger partial charge in [-0.1, -0.05) is 6.92 Å². The highest BCUT2D eigenvalue weighted by molar-refractivity contribution is 5.72. The van der Waals surface area contributed by atoms with Crippen molar-refractivity contribution in [3.05, 3.63) is 0 Å². The van der Waals surface area contributed by atoms with Crippen LogP contribution in [0.1, 0.15) is 27.2 Å². The summed E-state index contributed by atoms with van der Waals surface area (Å²) < 4.78 is 4.82. The summed E-state index contributed by atoms with van der Waals surface area (Å²) in [5, 5.41) is 8.99. The van der Waals surface area contributed by atoms with Crippen molar-refractivity contribution >= 4 is 5.97 Å². The average molecular weight is 160 g/mol. The minimum absolute atomic E-state index is 0.318. The Morgan fingerprint density at radius 2 is 2.09 bits per heavy atom. The van der Waals surface area contributed by atoms with E-state index in [0.29, 0.717) is 6.61 Å². The highest BCUT2D eigenvalue weighted by Crippen LogP contribution is 2.04. The molecular weight excluding hydrogens is 144 g/mol. The fourth-order valence-electron chi connectivity index (χ4n) is 0.531. The maximum absolute atomic E-state index is 11.0. The Labute approximate surface area is 67.4 Å². The first-order valence-corrected chi connectivity index (χ1v) is 3.94. The van der Waals surface area contributed by atoms with Crippen molar-refractivity contribution in [3.63, 3.8) is 0 Å². The van der Waals surface area contributed by atoms with Gasteiger partial charge < -0.3 is 9.84 Å². The molecule has 0 aromatic carbocycles. The highest BCUT2D eigenvalue weighted by atomic mass is 16.5. The molecule has 3 heteroatoms. The van der Waals surface area contributed by atoms with Crippen LogP contribution in [-0.2, 0) is 9.53 Å². The number of ether oxygens (including phenoxy) is 1. The van der Waals surface area contributed by atoms with E-state index in [1.807, 2.05) is 6.92 Å². The minimum Gasteiger partial charge on any atom is -0.465 e. The predicted molar refractivity (Wildman–Crippen MR) is 42.1 cm³/mol. The van der Waals surface area contributed by atoms with Crippen molar-refractivity contribution in [2.75, 3.05) is 6.61 Å². The molecule has 3 nitrogen and oxygen atoms in total. The lowest BCUT2D eigenvalue weighted by Crippen LogP contribution is -2.25. The van der Waals surface area contributed by atoms with Crippen LogP contribution in [0.5, 0.6) is 0 Å². The maximum atomic E-state index is 11.0. The van der Waals surface area contributed by atoms with Crippen molar-refractivity contribution < 1.29 is 14.6 Å². The van der Waals surface area contributed by atoms with E-state index >= 15 is 0 Å². The van der Waals surface area contributed by atoms with Gasteiger partial charge in [0.05, 0.1) is 18.6 Å². The van der Waals surface area contributed by atoms with Gasteiger partial charge in [-0.25, -0.2) is 0 Å².